The van der Waals surface area contributed by atoms with E-state index in [4.69, 9.17) is 4.74 Å². The standard InChI is InChI=1S/C20H24N2O2/c1-4-9-24-20-12-21-17(11-19(20)23)13-22-8-7-16-10-15(14(2)3)5-6-18(16)22/h5-8,10-12,14H,4,9,13H2,1-3H3,(H,21,23). The van der Waals surface area contributed by atoms with Gasteiger partial charge in [-0.05, 0) is 41.5 Å². The van der Waals surface area contributed by atoms with E-state index in [1.807, 2.05) is 6.92 Å². The highest BCUT2D eigenvalue weighted by molar-refractivity contribution is 5.81. The van der Waals surface area contributed by atoms with Crippen LogP contribution in [-0.4, -0.2) is 16.2 Å². The van der Waals surface area contributed by atoms with Gasteiger partial charge in [0.15, 0.2) is 5.75 Å². The number of aromatic nitrogens is 2. The molecule has 0 aliphatic heterocycles. The molecule has 0 amide bonds. The summed E-state index contributed by atoms with van der Waals surface area (Å²) in [7, 11) is 0. The van der Waals surface area contributed by atoms with Crippen molar-refractivity contribution in [2.45, 2.75) is 39.7 Å². The van der Waals surface area contributed by atoms with Crippen molar-refractivity contribution in [3.63, 3.8) is 0 Å². The molecule has 0 aliphatic carbocycles. The van der Waals surface area contributed by atoms with Gasteiger partial charge in [-0.15, -0.1) is 0 Å². The predicted molar refractivity (Wildman–Crippen MR) is 98.0 cm³/mol. The fourth-order valence-electron chi connectivity index (χ4n) is 2.82. The summed E-state index contributed by atoms with van der Waals surface area (Å²) in [5.41, 5.74) is 3.31. The number of hydrogen-bond donors (Lipinski definition) is 1. The van der Waals surface area contributed by atoms with E-state index in [-0.39, 0.29) is 5.43 Å². The third kappa shape index (κ3) is 3.37. The molecular formula is C20H24N2O2. The van der Waals surface area contributed by atoms with Gasteiger partial charge in [-0.3, -0.25) is 4.79 Å². The molecule has 3 aromatic rings. The van der Waals surface area contributed by atoms with E-state index in [9.17, 15) is 4.79 Å². The fourth-order valence-corrected chi connectivity index (χ4v) is 2.82. The third-order valence-corrected chi connectivity index (χ3v) is 4.20. The van der Waals surface area contributed by atoms with Gasteiger partial charge in [0.1, 0.15) is 0 Å². The van der Waals surface area contributed by atoms with Gasteiger partial charge in [-0.1, -0.05) is 26.8 Å². The van der Waals surface area contributed by atoms with Crippen LogP contribution in [0.5, 0.6) is 5.75 Å². The number of pyridine rings is 1. The van der Waals surface area contributed by atoms with E-state index in [1.54, 1.807) is 12.3 Å². The number of fused-ring (bicyclic) bond motifs is 1. The van der Waals surface area contributed by atoms with Crippen molar-refractivity contribution < 1.29 is 4.74 Å². The van der Waals surface area contributed by atoms with Crippen LogP contribution in [0.25, 0.3) is 10.9 Å². The minimum atomic E-state index is -0.0734. The lowest BCUT2D eigenvalue weighted by molar-refractivity contribution is 0.313. The maximum absolute atomic E-state index is 12.1. The van der Waals surface area contributed by atoms with Gasteiger partial charge in [0.05, 0.1) is 13.2 Å². The Kier molecular flexibility index (Phi) is 4.74. The number of hydrogen-bond acceptors (Lipinski definition) is 2. The Balaban J connectivity index is 1.85. The number of benzene rings is 1. The normalized spacial score (nSPS) is 11.3. The van der Waals surface area contributed by atoms with Gasteiger partial charge in [0.2, 0.25) is 5.43 Å². The molecule has 2 aromatic heterocycles. The molecule has 126 valence electrons. The fraction of sp³-hybridized carbons (Fsp3) is 0.350. The van der Waals surface area contributed by atoms with Crippen LogP contribution in [0.2, 0.25) is 0 Å². The van der Waals surface area contributed by atoms with Crippen LogP contribution in [0.1, 0.15) is 44.4 Å². The summed E-state index contributed by atoms with van der Waals surface area (Å²) in [4.78, 5) is 15.3. The molecule has 0 atom stereocenters. The van der Waals surface area contributed by atoms with Gasteiger partial charge in [0, 0.05) is 29.7 Å². The second-order valence-electron chi connectivity index (χ2n) is 6.45. The average molecular weight is 324 g/mol. The zero-order valence-corrected chi connectivity index (χ0v) is 14.5. The monoisotopic (exact) mass is 324 g/mol. The van der Waals surface area contributed by atoms with E-state index >= 15 is 0 Å². The van der Waals surface area contributed by atoms with Gasteiger partial charge in [-0.25, -0.2) is 0 Å². The second-order valence-corrected chi connectivity index (χ2v) is 6.45. The van der Waals surface area contributed by atoms with Crippen LogP contribution in [0.4, 0.5) is 0 Å². The molecular weight excluding hydrogens is 300 g/mol. The lowest BCUT2D eigenvalue weighted by Crippen LogP contribution is -2.11. The van der Waals surface area contributed by atoms with Crippen LogP contribution < -0.4 is 10.2 Å². The van der Waals surface area contributed by atoms with Crippen molar-refractivity contribution in [1.82, 2.24) is 9.55 Å². The largest absolute Gasteiger partial charge is 0.488 e. The average Bonchev–Trinajstić information content (AvgIpc) is 2.96. The van der Waals surface area contributed by atoms with Crippen LogP contribution in [-0.2, 0) is 6.54 Å². The number of aromatic amines is 1. The van der Waals surface area contributed by atoms with E-state index in [1.165, 1.54) is 16.5 Å². The van der Waals surface area contributed by atoms with E-state index in [0.717, 1.165) is 12.1 Å². The minimum absolute atomic E-state index is 0.0734. The summed E-state index contributed by atoms with van der Waals surface area (Å²) in [6.45, 7) is 7.61. The Morgan fingerprint density at radius 3 is 2.75 bits per heavy atom. The van der Waals surface area contributed by atoms with Gasteiger partial charge in [-0.2, -0.15) is 0 Å². The van der Waals surface area contributed by atoms with Gasteiger partial charge < -0.3 is 14.3 Å². The lowest BCUT2D eigenvalue weighted by Gasteiger charge is -2.09. The molecule has 0 saturated carbocycles. The number of ether oxygens (including phenoxy) is 1. The highest BCUT2D eigenvalue weighted by Crippen LogP contribution is 2.22. The minimum Gasteiger partial charge on any atom is -0.488 e. The molecule has 0 saturated heterocycles. The molecule has 0 bridgehead atoms. The molecule has 0 unspecified atom stereocenters. The van der Waals surface area contributed by atoms with Crippen LogP contribution in [0, 0.1) is 0 Å². The first-order chi connectivity index (χ1) is 11.6. The molecule has 0 fully saturated rings. The first-order valence-corrected chi connectivity index (χ1v) is 8.51. The van der Waals surface area contributed by atoms with Gasteiger partial charge in [0.25, 0.3) is 0 Å². The number of nitrogens with one attached hydrogen (secondary N) is 1. The molecule has 4 heteroatoms. The molecule has 2 heterocycles. The maximum atomic E-state index is 12.1. The molecule has 1 aromatic carbocycles. The molecule has 0 spiro atoms. The number of nitrogens with zero attached hydrogens (tertiary/aromatic N) is 1. The van der Waals surface area contributed by atoms with Crippen molar-refractivity contribution in [3.8, 4) is 5.75 Å². The molecule has 3 rings (SSSR count). The summed E-state index contributed by atoms with van der Waals surface area (Å²) >= 11 is 0. The summed E-state index contributed by atoms with van der Waals surface area (Å²) in [6.07, 6.45) is 4.61. The Labute approximate surface area is 142 Å². The maximum Gasteiger partial charge on any atom is 0.223 e. The van der Waals surface area contributed by atoms with Crippen LogP contribution in [0.3, 0.4) is 0 Å². The number of rotatable bonds is 6. The topological polar surface area (TPSA) is 47.0 Å². The smallest absolute Gasteiger partial charge is 0.223 e. The molecule has 0 radical (unpaired) electrons. The van der Waals surface area contributed by atoms with Gasteiger partial charge >= 0.3 is 0 Å². The summed E-state index contributed by atoms with van der Waals surface area (Å²) < 4.78 is 7.58. The van der Waals surface area contributed by atoms with Crippen molar-refractivity contribution in [2.75, 3.05) is 6.61 Å². The first-order valence-electron chi connectivity index (χ1n) is 8.51. The van der Waals surface area contributed by atoms with E-state index in [2.05, 4.69) is 53.9 Å². The zero-order valence-electron chi connectivity index (χ0n) is 14.5. The SMILES string of the molecule is CCCOc1c[nH]c(Cn2ccc3cc(C(C)C)ccc32)cc1=O. The van der Waals surface area contributed by atoms with Crippen molar-refractivity contribution in [3.05, 3.63) is 64.2 Å². The Morgan fingerprint density at radius 1 is 1.21 bits per heavy atom. The second kappa shape index (κ2) is 6.95. The first kappa shape index (κ1) is 16.4. The quantitative estimate of drug-likeness (QED) is 0.735. The highest BCUT2D eigenvalue weighted by Gasteiger charge is 2.07. The Hall–Kier alpha value is -2.49. The summed E-state index contributed by atoms with van der Waals surface area (Å²) in [5, 5.41) is 1.23. The Bertz CT molecular complexity index is 890. The predicted octanol–water partition coefficient (Wildman–Crippen LogP) is 4.29. The molecule has 4 nitrogen and oxygen atoms in total. The highest BCUT2D eigenvalue weighted by atomic mass is 16.5. The van der Waals surface area contributed by atoms with E-state index < -0.39 is 0 Å². The number of H-pyrrole nitrogens is 1. The zero-order chi connectivity index (χ0) is 17.1. The third-order valence-electron chi connectivity index (χ3n) is 4.20. The molecule has 1 N–H and O–H groups in total. The van der Waals surface area contributed by atoms with Crippen LogP contribution >= 0.6 is 0 Å². The van der Waals surface area contributed by atoms with Crippen LogP contribution in [0.15, 0.2) is 47.5 Å². The Morgan fingerprint density at radius 2 is 2.04 bits per heavy atom. The summed E-state index contributed by atoms with van der Waals surface area (Å²) in [5.74, 6) is 0.907. The van der Waals surface area contributed by atoms with E-state index in [0.29, 0.717) is 24.8 Å². The van der Waals surface area contributed by atoms with Crippen molar-refractivity contribution in [1.29, 1.82) is 0 Å². The lowest BCUT2D eigenvalue weighted by atomic mass is 10.0. The molecule has 24 heavy (non-hydrogen) atoms. The van der Waals surface area contributed by atoms with Crippen molar-refractivity contribution >= 4 is 10.9 Å². The van der Waals surface area contributed by atoms with Crippen molar-refractivity contribution in [2.24, 2.45) is 0 Å². The molecule has 0 aliphatic rings. The summed E-state index contributed by atoms with van der Waals surface area (Å²) in [6, 6.07) is 10.3.